The quantitative estimate of drug-likeness (QED) is 0.805. The third-order valence-corrected chi connectivity index (χ3v) is 4.90. The summed E-state index contributed by atoms with van der Waals surface area (Å²) in [5, 5.41) is 7.91. The number of hydrogen-bond donors (Lipinski definition) is 2. The highest BCUT2D eigenvalue weighted by Crippen LogP contribution is 2.31. The van der Waals surface area contributed by atoms with Gasteiger partial charge in [0.2, 0.25) is 0 Å². The van der Waals surface area contributed by atoms with Gasteiger partial charge in [0.25, 0.3) is 0 Å². The van der Waals surface area contributed by atoms with Gasteiger partial charge in [-0.25, -0.2) is 0 Å². The van der Waals surface area contributed by atoms with Gasteiger partial charge in [0.15, 0.2) is 5.11 Å². The summed E-state index contributed by atoms with van der Waals surface area (Å²) in [5.74, 6) is 0. The molecule has 23 heavy (non-hydrogen) atoms. The van der Waals surface area contributed by atoms with Crippen LogP contribution in [0.3, 0.4) is 0 Å². The molecule has 2 fully saturated rings. The Balaban J connectivity index is 1.63. The topological polar surface area (TPSA) is 36.5 Å². The van der Waals surface area contributed by atoms with E-state index < -0.39 is 0 Å². The van der Waals surface area contributed by atoms with Crippen LogP contribution in [-0.4, -0.2) is 37.5 Å². The van der Waals surface area contributed by atoms with Gasteiger partial charge in [0, 0.05) is 31.3 Å². The predicted octanol–water partition coefficient (Wildman–Crippen LogP) is 3.80. The zero-order valence-electron chi connectivity index (χ0n) is 13.3. The molecule has 0 radical (unpaired) electrons. The average molecular weight is 354 g/mol. The predicted molar refractivity (Wildman–Crippen MR) is 101 cm³/mol. The number of thiocarbonyl (C=S) groups is 1. The summed E-state index contributed by atoms with van der Waals surface area (Å²) in [6, 6.07) is 5.98. The van der Waals surface area contributed by atoms with E-state index in [9.17, 15) is 0 Å². The second-order valence-electron chi connectivity index (χ2n) is 6.18. The molecule has 0 aliphatic carbocycles. The highest BCUT2D eigenvalue weighted by molar-refractivity contribution is 7.80. The molecule has 2 saturated heterocycles. The molecule has 0 bridgehead atoms. The van der Waals surface area contributed by atoms with Gasteiger partial charge in [0.05, 0.1) is 17.5 Å². The van der Waals surface area contributed by atoms with Gasteiger partial charge in [0.1, 0.15) is 0 Å². The second-order valence-corrected chi connectivity index (χ2v) is 7.02. The SMILES string of the molecule is S=C(NC[C@H]1CCCO1)Nc1cc(Cl)ccc1N1CCCCC1. The van der Waals surface area contributed by atoms with Crippen molar-refractivity contribution in [3.8, 4) is 0 Å². The van der Waals surface area contributed by atoms with E-state index in [-0.39, 0.29) is 6.10 Å². The highest BCUT2D eigenvalue weighted by atomic mass is 35.5. The van der Waals surface area contributed by atoms with Crippen LogP contribution in [0.4, 0.5) is 11.4 Å². The summed E-state index contributed by atoms with van der Waals surface area (Å²) in [4.78, 5) is 2.41. The lowest BCUT2D eigenvalue weighted by atomic mass is 10.1. The number of benzene rings is 1. The minimum Gasteiger partial charge on any atom is -0.376 e. The van der Waals surface area contributed by atoms with E-state index >= 15 is 0 Å². The number of halogens is 1. The number of anilines is 2. The number of nitrogens with zero attached hydrogens (tertiary/aromatic N) is 1. The maximum absolute atomic E-state index is 6.18. The van der Waals surface area contributed by atoms with Gasteiger partial charge in [-0.05, 0) is 62.5 Å². The van der Waals surface area contributed by atoms with Crippen molar-refractivity contribution in [2.75, 3.05) is 36.5 Å². The summed E-state index contributed by atoms with van der Waals surface area (Å²) in [6.07, 6.45) is 6.31. The lowest BCUT2D eigenvalue weighted by molar-refractivity contribution is 0.114. The summed E-state index contributed by atoms with van der Waals surface area (Å²) in [6.45, 7) is 3.80. The lowest BCUT2D eigenvalue weighted by Crippen LogP contribution is -2.36. The molecule has 3 rings (SSSR count). The monoisotopic (exact) mass is 353 g/mol. The van der Waals surface area contributed by atoms with Crippen molar-refractivity contribution < 1.29 is 4.74 Å². The molecular weight excluding hydrogens is 330 g/mol. The Bertz CT molecular complexity index is 543. The molecule has 2 heterocycles. The Morgan fingerprint density at radius 2 is 2.09 bits per heavy atom. The van der Waals surface area contributed by atoms with E-state index in [1.807, 2.05) is 12.1 Å². The van der Waals surface area contributed by atoms with Crippen LogP contribution in [0, 0.1) is 0 Å². The normalized spacial score (nSPS) is 21.3. The first kappa shape index (κ1) is 16.8. The second kappa shape index (κ2) is 8.18. The first-order chi connectivity index (χ1) is 11.2. The summed E-state index contributed by atoms with van der Waals surface area (Å²) < 4.78 is 5.61. The number of ether oxygens (including phenoxy) is 1. The molecule has 2 N–H and O–H groups in total. The van der Waals surface area contributed by atoms with Gasteiger partial charge in [-0.2, -0.15) is 0 Å². The van der Waals surface area contributed by atoms with Crippen LogP contribution in [0.2, 0.25) is 5.02 Å². The van der Waals surface area contributed by atoms with Crippen molar-refractivity contribution in [3.05, 3.63) is 23.2 Å². The maximum Gasteiger partial charge on any atom is 0.170 e. The van der Waals surface area contributed by atoms with E-state index in [2.05, 4.69) is 21.6 Å². The fraction of sp³-hybridized carbons (Fsp3) is 0.588. The van der Waals surface area contributed by atoms with Gasteiger partial charge in [-0.1, -0.05) is 11.6 Å². The molecule has 0 spiro atoms. The van der Waals surface area contributed by atoms with Gasteiger partial charge >= 0.3 is 0 Å². The van der Waals surface area contributed by atoms with Crippen molar-refractivity contribution >= 4 is 40.3 Å². The van der Waals surface area contributed by atoms with Crippen molar-refractivity contribution in [3.63, 3.8) is 0 Å². The van der Waals surface area contributed by atoms with Crippen molar-refractivity contribution in [2.45, 2.75) is 38.2 Å². The Hall–Kier alpha value is -1.04. The number of rotatable bonds is 4. The van der Waals surface area contributed by atoms with Crippen LogP contribution in [-0.2, 0) is 4.74 Å². The van der Waals surface area contributed by atoms with E-state index in [0.717, 1.165) is 49.8 Å². The van der Waals surface area contributed by atoms with Crippen LogP contribution in [0.15, 0.2) is 18.2 Å². The minimum atomic E-state index is 0.274. The Morgan fingerprint density at radius 1 is 1.26 bits per heavy atom. The molecule has 0 unspecified atom stereocenters. The number of nitrogens with one attached hydrogen (secondary N) is 2. The maximum atomic E-state index is 6.18. The van der Waals surface area contributed by atoms with Crippen molar-refractivity contribution in [2.24, 2.45) is 0 Å². The molecule has 0 aromatic heterocycles. The molecule has 0 amide bonds. The van der Waals surface area contributed by atoms with Crippen LogP contribution >= 0.6 is 23.8 Å². The van der Waals surface area contributed by atoms with Crippen LogP contribution < -0.4 is 15.5 Å². The molecule has 2 aliphatic rings. The summed E-state index contributed by atoms with van der Waals surface area (Å²) in [5.41, 5.74) is 2.15. The van der Waals surface area contributed by atoms with Gasteiger partial charge in [-0.3, -0.25) is 0 Å². The Morgan fingerprint density at radius 3 is 2.83 bits per heavy atom. The van der Waals surface area contributed by atoms with Crippen LogP contribution in [0.5, 0.6) is 0 Å². The van der Waals surface area contributed by atoms with Crippen LogP contribution in [0.25, 0.3) is 0 Å². The molecular formula is C17H24ClN3OS. The molecule has 0 saturated carbocycles. The zero-order valence-corrected chi connectivity index (χ0v) is 14.9. The molecule has 126 valence electrons. The van der Waals surface area contributed by atoms with Crippen LogP contribution in [0.1, 0.15) is 32.1 Å². The minimum absolute atomic E-state index is 0.274. The summed E-state index contributed by atoms with van der Waals surface area (Å²) in [7, 11) is 0. The standard InChI is InChI=1S/C17H24ClN3OS/c18-13-6-7-16(21-8-2-1-3-9-21)15(11-13)20-17(23)19-12-14-5-4-10-22-14/h6-7,11,14H,1-5,8-10,12H2,(H2,19,20,23)/t14-/m1/s1. The molecule has 1 atom stereocenters. The smallest absolute Gasteiger partial charge is 0.170 e. The largest absolute Gasteiger partial charge is 0.376 e. The summed E-state index contributed by atoms with van der Waals surface area (Å²) >= 11 is 11.6. The average Bonchev–Trinajstić information content (AvgIpc) is 3.07. The van der Waals surface area contributed by atoms with Crippen molar-refractivity contribution in [1.29, 1.82) is 0 Å². The van der Waals surface area contributed by atoms with E-state index in [0.29, 0.717) is 5.11 Å². The van der Waals surface area contributed by atoms with Gasteiger partial charge < -0.3 is 20.3 Å². The highest BCUT2D eigenvalue weighted by Gasteiger charge is 2.17. The Kier molecular flexibility index (Phi) is 5.97. The molecule has 2 aliphatic heterocycles. The Labute approximate surface area is 148 Å². The number of hydrogen-bond acceptors (Lipinski definition) is 3. The van der Waals surface area contributed by atoms with E-state index in [4.69, 9.17) is 28.6 Å². The molecule has 6 heteroatoms. The van der Waals surface area contributed by atoms with Crippen molar-refractivity contribution in [1.82, 2.24) is 5.32 Å². The molecule has 4 nitrogen and oxygen atoms in total. The zero-order chi connectivity index (χ0) is 16.1. The van der Waals surface area contributed by atoms with Gasteiger partial charge in [-0.15, -0.1) is 0 Å². The fourth-order valence-electron chi connectivity index (χ4n) is 3.20. The van der Waals surface area contributed by atoms with E-state index in [1.165, 1.54) is 24.9 Å². The lowest BCUT2D eigenvalue weighted by Gasteiger charge is -2.31. The first-order valence-electron chi connectivity index (χ1n) is 8.43. The van der Waals surface area contributed by atoms with E-state index in [1.54, 1.807) is 0 Å². The fourth-order valence-corrected chi connectivity index (χ4v) is 3.56. The number of piperidine rings is 1. The third kappa shape index (κ3) is 4.72. The molecule has 1 aromatic rings. The first-order valence-corrected chi connectivity index (χ1v) is 9.22. The third-order valence-electron chi connectivity index (χ3n) is 4.42. The molecule has 1 aromatic carbocycles.